The van der Waals surface area contributed by atoms with Crippen molar-refractivity contribution >= 4 is 28.8 Å². The first kappa shape index (κ1) is 13.5. The van der Waals surface area contributed by atoms with E-state index in [0.717, 1.165) is 12.1 Å². The zero-order valence-electron chi connectivity index (χ0n) is 9.42. The van der Waals surface area contributed by atoms with Gasteiger partial charge in [-0.15, -0.1) is 0 Å². The Hall–Kier alpha value is -1.95. The van der Waals surface area contributed by atoms with E-state index in [4.69, 9.17) is 17.3 Å². The van der Waals surface area contributed by atoms with Crippen molar-refractivity contribution in [2.45, 2.75) is 6.18 Å². The van der Waals surface area contributed by atoms with Gasteiger partial charge in [0.1, 0.15) is 5.82 Å². The van der Waals surface area contributed by atoms with Crippen molar-refractivity contribution in [2.24, 2.45) is 0 Å². The van der Waals surface area contributed by atoms with Gasteiger partial charge in [-0.25, -0.2) is 4.98 Å². The molecule has 7 heteroatoms. The maximum atomic E-state index is 12.6. The number of halogens is 4. The Balaban J connectivity index is 2.36. The van der Waals surface area contributed by atoms with Crippen LogP contribution < -0.4 is 11.1 Å². The summed E-state index contributed by atoms with van der Waals surface area (Å²) in [4.78, 5) is 3.93. The molecule has 0 bridgehead atoms. The maximum absolute atomic E-state index is 12.6. The number of benzene rings is 1. The number of nitrogens with one attached hydrogen (secondary N) is 1. The number of hydrogen-bond donors (Lipinski definition) is 2. The van der Waals surface area contributed by atoms with Crippen molar-refractivity contribution in [3.8, 4) is 0 Å². The van der Waals surface area contributed by atoms with Crippen molar-refractivity contribution in [3.05, 3.63) is 47.1 Å². The Morgan fingerprint density at radius 3 is 2.63 bits per heavy atom. The molecule has 1 aromatic heterocycles. The highest BCUT2D eigenvalue weighted by atomic mass is 35.5. The molecule has 0 saturated carbocycles. The van der Waals surface area contributed by atoms with Gasteiger partial charge in [0.15, 0.2) is 0 Å². The van der Waals surface area contributed by atoms with Gasteiger partial charge in [0.05, 0.1) is 22.0 Å². The summed E-state index contributed by atoms with van der Waals surface area (Å²) in [6.45, 7) is 0. The number of rotatable bonds is 2. The van der Waals surface area contributed by atoms with Crippen molar-refractivity contribution in [2.75, 3.05) is 11.1 Å². The molecule has 0 spiro atoms. The minimum absolute atomic E-state index is 0.0636. The lowest BCUT2D eigenvalue weighted by Gasteiger charge is -2.14. The highest BCUT2D eigenvalue weighted by Gasteiger charge is 2.33. The van der Waals surface area contributed by atoms with Crippen LogP contribution in [0.2, 0.25) is 5.02 Å². The number of nitrogen functional groups attached to an aromatic ring is 1. The lowest BCUT2D eigenvalue weighted by Crippen LogP contribution is -2.08. The van der Waals surface area contributed by atoms with Crippen LogP contribution in [0.1, 0.15) is 5.56 Å². The van der Waals surface area contributed by atoms with Crippen LogP contribution in [0.25, 0.3) is 0 Å². The second-order valence-corrected chi connectivity index (χ2v) is 4.09. The number of nitrogens with zero attached hydrogens (tertiary/aromatic N) is 1. The van der Waals surface area contributed by atoms with Gasteiger partial charge in [-0.2, -0.15) is 13.2 Å². The number of hydrogen-bond acceptors (Lipinski definition) is 3. The topological polar surface area (TPSA) is 50.9 Å². The van der Waals surface area contributed by atoms with Gasteiger partial charge in [-0.1, -0.05) is 11.6 Å². The molecule has 99 valence electrons. The Labute approximate surface area is 112 Å². The van der Waals surface area contributed by atoms with Gasteiger partial charge in [0.2, 0.25) is 0 Å². The van der Waals surface area contributed by atoms with E-state index in [1.54, 1.807) is 12.1 Å². The first-order valence-electron chi connectivity index (χ1n) is 5.13. The summed E-state index contributed by atoms with van der Waals surface area (Å²) in [5.41, 5.74) is 4.81. The van der Waals surface area contributed by atoms with Gasteiger partial charge in [0, 0.05) is 12.3 Å². The molecule has 1 radical (unpaired) electrons. The number of nitrogens with two attached hydrogens (primary N) is 1. The van der Waals surface area contributed by atoms with Gasteiger partial charge >= 0.3 is 6.18 Å². The molecule has 0 aliphatic carbocycles. The average molecular weight is 287 g/mol. The predicted molar refractivity (Wildman–Crippen MR) is 67.2 cm³/mol. The summed E-state index contributed by atoms with van der Waals surface area (Å²) in [7, 11) is 0. The van der Waals surface area contributed by atoms with Crippen LogP contribution in [-0.2, 0) is 6.18 Å². The normalized spacial score (nSPS) is 11.4. The molecule has 0 amide bonds. The van der Waals surface area contributed by atoms with Crippen molar-refractivity contribution in [3.63, 3.8) is 0 Å². The van der Waals surface area contributed by atoms with E-state index in [1.165, 1.54) is 6.20 Å². The fraction of sp³-hybridized carbons (Fsp3) is 0.0833. The second-order valence-electron chi connectivity index (χ2n) is 3.69. The predicted octanol–water partition coefficient (Wildman–Crippen LogP) is 3.88. The van der Waals surface area contributed by atoms with Gasteiger partial charge < -0.3 is 11.1 Å². The summed E-state index contributed by atoms with van der Waals surface area (Å²) in [5, 5.41) is 2.36. The molecule has 19 heavy (non-hydrogen) atoms. The van der Waals surface area contributed by atoms with Crippen LogP contribution in [0.3, 0.4) is 0 Å². The van der Waals surface area contributed by atoms with E-state index < -0.39 is 16.8 Å². The van der Waals surface area contributed by atoms with E-state index in [0.29, 0.717) is 5.82 Å². The molecule has 0 unspecified atom stereocenters. The molecule has 2 aromatic rings. The summed E-state index contributed by atoms with van der Waals surface area (Å²) < 4.78 is 37.8. The lowest BCUT2D eigenvalue weighted by molar-refractivity contribution is -0.137. The van der Waals surface area contributed by atoms with E-state index in [-0.39, 0.29) is 11.4 Å². The minimum atomic E-state index is -4.54. The molecule has 2 rings (SSSR count). The first-order chi connectivity index (χ1) is 8.88. The molecule has 0 saturated heterocycles. The zero-order chi connectivity index (χ0) is 14.0. The summed E-state index contributed by atoms with van der Waals surface area (Å²) in [6, 6.07) is 7.84. The van der Waals surface area contributed by atoms with Crippen LogP contribution in [0, 0.1) is 6.07 Å². The smallest absolute Gasteiger partial charge is 0.397 e. The molecular formula is C12H8ClF3N3. The molecule has 3 nitrogen and oxygen atoms in total. The van der Waals surface area contributed by atoms with E-state index >= 15 is 0 Å². The SMILES string of the molecule is Nc1cc(C(F)(F)F)c(Cl)cc1Nc1cc[c]cn1. The van der Waals surface area contributed by atoms with Crippen molar-refractivity contribution < 1.29 is 13.2 Å². The minimum Gasteiger partial charge on any atom is -0.397 e. The van der Waals surface area contributed by atoms with Gasteiger partial charge in [-0.3, -0.25) is 0 Å². The fourth-order valence-corrected chi connectivity index (χ4v) is 1.72. The zero-order valence-corrected chi connectivity index (χ0v) is 10.2. The molecule has 3 N–H and O–H groups in total. The van der Waals surface area contributed by atoms with Gasteiger partial charge in [-0.05, 0) is 24.3 Å². The monoisotopic (exact) mass is 286 g/mol. The van der Waals surface area contributed by atoms with Crippen LogP contribution in [0.5, 0.6) is 0 Å². The Morgan fingerprint density at radius 2 is 2.05 bits per heavy atom. The van der Waals surface area contributed by atoms with E-state index in [2.05, 4.69) is 16.4 Å². The van der Waals surface area contributed by atoms with Crippen LogP contribution in [-0.4, -0.2) is 4.98 Å². The van der Waals surface area contributed by atoms with Crippen molar-refractivity contribution in [1.29, 1.82) is 0 Å². The summed E-state index contributed by atoms with van der Waals surface area (Å²) in [6.07, 6.45) is -3.12. The standard InChI is InChI=1S/C12H8ClF3N3/c13-8-6-10(19-11-3-1-2-4-18-11)9(17)5-7(8)12(14,15)16/h1,3-6H,17H2,(H,18,19). The molecule has 0 atom stereocenters. The molecule has 1 heterocycles. The van der Waals surface area contributed by atoms with Gasteiger partial charge in [0.25, 0.3) is 0 Å². The maximum Gasteiger partial charge on any atom is 0.417 e. The second kappa shape index (κ2) is 4.97. The Kier molecular flexibility index (Phi) is 3.53. The molecule has 1 aromatic carbocycles. The van der Waals surface area contributed by atoms with Crippen LogP contribution in [0.15, 0.2) is 30.5 Å². The van der Waals surface area contributed by atoms with E-state index in [1.807, 2.05) is 0 Å². The summed E-state index contributed by atoms with van der Waals surface area (Å²) in [5.74, 6) is 0.432. The third-order valence-electron chi connectivity index (χ3n) is 2.32. The fourth-order valence-electron chi connectivity index (χ4n) is 1.45. The third kappa shape index (κ3) is 3.08. The van der Waals surface area contributed by atoms with Crippen LogP contribution in [0.4, 0.5) is 30.4 Å². The van der Waals surface area contributed by atoms with E-state index in [9.17, 15) is 13.2 Å². The highest BCUT2D eigenvalue weighted by molar-refractivity contribution is 6.32. The number of pyridine rings is 1. The first-order valence-corrected chi connectivity index (χ1v) is 5.51. The highest BCUT2D eigenvalue weighted by Crippen LogP contribution is 2.39. The number of aromatic nitrogens is 1. The average Bonchev–Trinajstić information content (AvgIpc) is 2.33. The molecule has 0 aliphatic heterocycles. The van der Waals surface area contributed by atoms with Crippen LogP contribution >= 0.6 is 11.6 Å². The lowest BCUT2D eigenvalue weighted by atomic mass is 10.1. The Morgan fingerprint density at radius 1 is 1.32 bits per heavy atom. The largest absolute Gasteiger partial charge is 0.417 e. The molecule has 0 fully saturated rings. The molecule has 0 aliphatic rings. The Bertz CT molecular complexity index is 585. The summed E-state index contributed by atoms with van der Waals surface area (Å²) >= 11 is 5.61. The number of alkyl halides is 3. The number of anilines is 3. The molecular weight excluding hydrogens is 279 g/mol. The van der Waals surface area contributed by atoms with Crippen molar-refractivity contribution in [1.82, 2.24) is 4.98 Å². The quantitative estimate of drug-likeness (QED) is 0.824. The third-order valence-corrected chi connectivity index (χ3v) is 2.64.